The Labute approximate surface area is 128 Å². The van der Waals surface area contributed by atoms with Crippen LogP contribution in [-0.4, -0.2) is 18.5 Å². The highest BCUT2D eigenvalue weighted by atomic mass is 15.1. The summed E-state index contributed by atoms with van der Waals surface area (Å²) in [7, 11) is 1.95. The Bertz CT molecular complexity index is 521. The van der Waals surface area contributed by atoms with Gasteiger partial charge in [0, 0.05) is 32.4 Å². The van der Waals surface area contributed by atoms with Crippen molar-refractivity contribution in [2.45, 2.75) is 33.4 Å². The van der Waals surface area contributed by atoms with E-state index in [-0.39, 0.29) is 0 Å². The van der Waals surface area contributed by atoms with Crippen molar-refractivity contribution in [1.29, 1.82) is 0 Å². The fourth-order valence-electron chi connectivity index (χ4n) is 2.69. The topological polar surface area (TPSA) is 15.3 Å². The van der Waals surface area contributed by atoms with E-state index in [4.69, 9.17) is 0 Å². The van der Waals surface area contributed by atoms with Crippen molar-refractivity contribution in [3.05, 3.63) is 65.2 Å². The molecule has 3 rings (SSSR count). The van der Waals surface area contributed by atoms with Gasteiger partial charge in [-0.25, -0.2) is 0 Å². The first-order chi connectivity index (χ1) is 10.3. The van der Waals surface area contributed by atoms with Crippen LogP contribution in [0.25, 0.3) is 0 Å². The minimum absolute atomic E-state index is 1.10. The van der Waals surface area contributed by atoms with Crippen molar-refractivity contribution < 1.29 is 0 Å². The molecule has 21 heavy (non-hydrogen) atoms. The molecule has 2 nitrogen and oxygen atoms in total. The summed E-state index contributed by atoms with van der Waals surface area (Å²) in [5.74, 6) is 0. The van der Waals surface area contributed by atoms with E-state index >= 15 is 0 Å². The van der Waals surface area contributed by atoms with Gasteiger partial charge in [0.25, 0.3) is 0 Å². The first-order valence-electron chi connectivity index (χ1n) is 7.91. The number of rotatable bonds is 4. The van der Waals surface area contributed by atoms with Crippen molar-refractivity contribution in [2.24, 2.45) is 0 Å². The molecule has 0 spiro atoms. The number of nitrogens with one attached hydrogen (secondary N) is 1. The highest BCUT2D eigenvalue weighted by molar-refractivity contribution is 5.43. The molecule has 1 heterocycles. The summed E-state index contributed by atoms with van der Waals surface area (Å²) in [5.41, 5.74) is 5.58. The van der Waals surface area contributed by atoms with Crippen molar-refractivity contribution in [3.63, 3.8) is 0 Å². The van der Waals surface area contributed by atoms with Crippen molar-refractivity contribution in [1.82, 2.24) is 4.90 Å². The zero-order valence-electron chi connectivity index (χ0n) is 13.4. The van der Waals surface area contributed by atoms with Gasteiger partial charge in [-0.05, 0) is 35.2 Å². The Morgan fingerprint density at radius 2 is 1.48 bits per heavy atom. The third kappa shape index (κ3) is 4.08. The second-order valence-electron chi connectivity index (χ2n) is 5.18. The minimum atomic E-state index is 1.10. The minimum Gasteiger partial charge on any atom is -0.388 e. The number of nitrogens with zero attached hydrogens (tertiary/aromatic N) is 1. The Kier molecular flexibility index (Phi) is 5.82. The molecule has 112 valence electrons. The molecule has 1 N–H and O–H groups in total. The zero-order valence-corrected chi connectivity index (χ0v) is 13.4. The van der Waals surface area contributed by atoms with Gasteiger partial charge in [-0.2, -0.15) is 0 Å². The summed E-state index contributed by atoms with van der Waals surface area (Å²) in [6.45, 7) is 7.34. The van der Waals surface area contributed by atoms with E-state index in [1.807, 2.05) is 20.9 Å². The molecule has 1 aliphatic heterocycles. The molecule has 0 aromatic heterocycles. The summed E-state index contributed by atoms with van der Waals surface area (Å²) in [6, 6.07) is 17.5. The van der Waals surface area contributed by atoms with Crippen molar-refractivity contribution in [2.75, 3.05) is 18.9 Å². The van der Waals surface area contributed by atoms with Gasteiger partial charge in [-0.15, -0.1) is 0 Å². The van der Waals surface area contributed by atoms with Gasteiger partial charge in [-0.3, -0.25) is 4.90 Å². The lowest BCUT2D eigenvalue weighted by Gasteiger charge is -2.14. The summed E-state index contributed by atoms with van der Waals surface area (Å²) in [4.78, 5) is 2.52. The molecule has 0 bridgehead atoms. The molecule has 1 aliphatic rings. The van der Waals surface area contributed by atoms with Crippen LogP contribution < -0.4 is 5.32 Å². The van der Waals surface area contributed by atoms with Crippen LogP contribution >= 0.6 is 0 Å². The monoisotopic (exact) mass is 282 g/mol. The van der Waals surface area contributed by atoms with E-state index < -0.39 is 0 Å². The predicted octanol–water partition coefficient (Wildman–Crippen LogP) is 4.31. The third-order valence-electron chi connectivity index (χ3n) is 3.87. The lowest BCUT2D eigenvalue weighted by molar-refractivity contribution is 0.288. The van der Waals surface area contributed by atoms with E-state index in [1.54, 1.807) is 0 Å². The SMILES string of the molecule is CC.CNc1ccc(CCN2Cc3ccccc3C2)cc1. The maximum absolute atomic E-state index is 3.15. The Morgan fingerprint density at radius 1 is 0.905 bits per heavy atom. The Hall–Kier alpha value is -1.80. The maximum Gasteiger partial charge on any atom is 0.0337 e. The summed E-state index contributed by atoms with van der Waals surface area (Å²) >= 11 is 0. The standard InChI is InChI=1S/C17H20N2.C2H6/c1-18-17-8-6-14(7-9-17)10-11-19-12-15-4-2-3-5-16(15)13-19;1-2/h2-9,18H,10-13H2,1H3;1-2H3. The van der Waals surface area contributed by atoms with E-state index in [9.17, 15) is 0 Å². The normalized spacial score (nSPS) is 13.3. The van der Waals surface area contributed by atoms with Crippen LogP contribution in [0.4, 0.5) is 5.69 Å². The first kappa shape index (κ1) is 15.6. The van der Waals surface area contributed by atoms with E-state index in [2.05, 4.69) is 58.7 Å². The fourth-order valence-corrected chi connectivity index (χ4v) is 2.69. The summed E-state index contributed by atoms with van der Waals surface area (Å²) < 4.78 is 0. The van der Waals surface area contributed by atoms with Gasteiger partial charge < -0.3 is 5.32 Å². The van der Waals surface area contributed by atoms with Crippen LogP contribution in [0, 0.1) is 0 Å². The summed E-state index contributed by atoms with van der Waals surface area (Å²) in [5, 5.41) is 3.15. The van der Waals surface area contributed by atoms with Gasteiger partial charge in [0.1, 0.15) is 0 Å². The van der Waals surface area contributed by atoms with Crippen LogP contribution in [0.1, 0.15) is 30.5 Å². The van der Waals surface area contributed by atoms with Gasteiger partial charge >= 0.3 is 0 Å². The van der Waals surface area contributed by atoms with Crippen molar-refractivity contribution in [3.8, 4) is 0 Å². The molecule has 2 aromatic carbocycles. The smallest absolute Gasteiger partial charge is 0.0337 e. The average molecular weight is 282 g/mol. The number of anilines is 1. The summed E-state index contributed by atoms with van der Waals surface area (Å²) in [6.07, 6.45) is 1.12. The molecule has 2 aromatic rings. The first-order valence-corrected chi connectivity index (χ1v) is 7.91. The highest BCUT2D eigenvalue weighted by Gasteiger charge is 2.17. The molecule has 0 atom stereocenters. The molecule has 0 radical (unpaired) electrons. The largest absolute Gasteiger partial charge is 0.388 e. The average Bonchev–Trinajstić information content (AvgIpc) is 2.98. The number of fused-ring (bicyclic) bond motifs is 1. The lowest BCUT2D eigenvalue weighted by atomic mass is 10.1. The molecular formula is C19H26N2. The van der Waals surface area contributed by atoms with Crippen molar-refractivity contribution >= 4 is 5.69 Å². The van der Waals surface area contributed by atoms with E-state index in [0.717, 1.165) is 26.1 Å². The Balaban J connectivity index is 0.000000774. The molecule has 0 saturated carbocycles. The highest BCUT2D eigenvalue weighted by Crippen LogP contribution is 2.22. The molecule has 0 amide bonds. The van der Waals surface area contributed by atoms with Crippen LogP contribution in [0.15, 0.2) is 48.5 Å². The van der Waals surface area contributed by atoms with Gasteiger partial charge in [0.15, 0.2) is 0 Å². The molecule has 2 heteroatoms. The van der Waals surface area contributed by atoms with E-state index in [1.165, 1.54) is 22.4 Å². The van der Waals surface area contributed by atoms with E-state index in [0.29, 0.717) is 0 Å². The lowest BCUT2D eigenvalue weighted by Crippen LogP contribution is -2.19. The third-order valence-corrected chi connectivity index (χ3v) is 3.87. The predicted molar refractivity (Wildman–Crippen MR) is 91.6 cm³/mol. The van der Waals surface area contributed by atoms with Gasteiger partial charge in [0.05, 0.1) is 0 Å². The van der Waals surface area contributed by atoms with Gasteiger partial charge in [0.2, 0.25) is 0 Å². The molecule has 0 aliphatic carbocycles. The second-order valence-corrected chi connectivity index (χ2v) is 5.18. The molecule has 0 unspecified atom stereocenters. The number of hydrogen-bond acceptors (Lipinski definition) is 2. The number of hydrogen-bond donors (Lipinski definition) is 1. The second kappa shape index (κ2) is 7.84. The quantitative estimate of drug-likeness (QED) is 0.898. The zero-order chi connectivity index (χ0) is 15.1. The Morgan fingerprint density at radius 3 is 2.00 bits per heavy atom. The van der Waals surface area contributed by atoms with Crippen LogP contribution in [-0.2, 0) is 19.5 Å². The number of benzene rings is 2. The van der Waals surface area contributed by atoms with Crippen LogP contribution in [0.3, 0.4) is 0 Å². The molecule has 0 fully saturated rings. The van der Waals surface area contributed by atoms with Crippen LogP contribution in [0.2, 0.25) is 0 Å². The maximum atomic E-state index is 3.15. The van der Waals surface area contributed by atoms with Gasteiger partial charge in [-0.1, -0.05) is 50.2 Å². The fraction of sp³-hybridized carbons (Fsp3) is 0.368. The molecular weight excluding hydrogens is 256 g/mol. The van der Waals surface area contributed by atoms with Crippen LogP contribution in [0.5, 0.6) is 0 Å². The molecule has 0 saturated heterocycles.